The van der Waals surface area contributed by atoms with Crippen LogP contribution in [0.15, 0.2) is 12.1 Å². The van der Waals surface area contributed by atoms with Gasteiger partial charge in [0.15, 0.2) is 0 Å². The average Bonchev–Trinajstić information content (AvgIpc) is 2.05. The van der Waals surface area contributed by atoms with E-state index >= 15 is 0 Å². The normalized spacial score (nSPS) is 11.2. The number of aromatic nitrogens is 1. The van der Waals surface area contributed by atoms with Crippen molar-refractivity contribution >= 4 is 17.4 Å². The van der Waals surface area contributed by atoms with Gasteiger partial charge in [0.25, 0.3) is 0 Å². The third kappa shape index (κ3) is 3.40. The van der Waals surface area contributed by atoms with E-state index in [1.807, 2.05) is 20.8 Å². The molecule has 0 bridgehead atoms. The molecule has 0 amide bonds. The lowest BCUT2D eigenvalue weighted by Crippen LogP contribution is -2.24. The lowest BCUT2D eigenvalue weighted by molar-refractivity contribution is 0.124. The van der Waals surface area contributed by atoms with E-state index in [1.54, 1.807) is 12.1 Å². The van der Waals surface area contributed by atoms with Crippen molar-refractivity contribution in [3.05, 3.63) is 22.8 Å². The van der Waals surface area contributed by atoms with Gasteiger partial charge in [-0.05, 0) is 26.8 Å². The van der Waals surface area contributed by atoms with Crippen molar-refractivity contribution in [2.45, 2.75) is 26.4 Å². The minimum Gasteiger partial charge on any atom is -0.472 e. The summed E-state index contributed by atoms with van der Waals surface area (Å²) in [6.45, 7) is 5.74. The average molecular weight is 228 g/mol. The molecule has 0 aliphatic carbocycles. The molecule has 0 aromatic carbocycles. The molecule has 0 spiro atoms. The number of rotatable bonds is 2. The van der Waals surface area contributed by atoms with Gasteiger partial charge >= 0.3 is 0 Å². The minimum atomic E-state index is -0.338. The van der Waals surface area contributed by atoms with Crippen molar-refractivity contribution in [1.82, 2.24) is 4.98 Å². The molecule has 1 aromatic rings. The summed E-state index contributed by atoms with van der Waals surface area (Å²) in [7, 11) is 0. The van der Waals surface area contributed by atoms with Crippen LogP contribution in [0, 0.1) is 5.41 Å². The molecule has 5 heteroatoms. The standard InChI is InChI=1S/C10H14ClN3O/c1-10(2,3)15-7-5-4-6(11)8(14-7)9(12)13/h4-5H,1-3H3,(H3,12,13). The van der Waals surface area contributed by atoms with Crippen molar-refractivity contribution in [2.24, 2.45) is 5.73 Å². The van der Waals surface area contributed by atoms with Crippen LogP contribution in [0.25, 0.3) is 0 Å². The van der Waals surface area contributed by atoms with Crippen LogP contribution in [0.4, 0.5) is 0 Å². The second kappa shape index (κ2) is 4.06. The van der Waals surface area contributed by atoms with Crippen LogP contribution < -0.4 is 10.5 Å². The van der Waals surface area contributed by atoms with Gasteiger partial charge in [0.1, 0.15) is 17.1 Å². The van der Waals surface area contributed by atoms with E-state index in [1.165, 1.54) is 0 Å². The molecular weight excluding hydrogens is 214 g/mol. The maximum Gasteiger partial charge on any atom is 0.214 e. The number of nitrogens with one attached hydrogen (secondary N) is 1. The summed E-state index contributed by atoms with van der Waals surface area (Å²) in [6.07, 6.45) is 0. The first kappa shape index (κ1) is 11.8. The fraction of sp³-hybridized carbons (Fsp3) is 0.400. The van der Waals surface area contributed by atoms with Gasteiger partial charge in [-0.3, -0.25) is 5.41 Å². The molecule has 0 saturated carbocycles. The molecule has 1 aromatic heterocycles. The molecule has 0 aliphatic rings. The number of nitrogens with zero attached hydrogens (tertiary/aromatic N) is 1. The van der Waals surface area contributed by atoms with Crippen molar-refractivity contribution in [3.8, 4) is 5.88 Å². The first-order valence-corrected chi connectivity index (χ1v) is 4.87. The Morgan fingerprint density at radius 2 is 2.07 bits per heavy atom. The molecule has 1 heterocycles. The summed E-state index contributed by atoms with van der Waals surface area (Å²) in [5.74, 6) is 0.247. The number of nitrogens with two attached hydrogens (primary N) is 1. The number of pyridine rings is 1. The number of ether oxygens (including phenoxy) is 1. The highest BCUT2D eigenvalue weighted by Gasteiger charge is 2.14. The maximum absolute atomic E-state index is 7.28. The van der Waals surface area contributed by atoms with Crippen LogP contribution in [0.2, 0.25) is 5.02 Å². The van der Waals surface area contributed by atoms with Crippen LogP contribution in [0.1, 0.15) is 26.5 Å². The predicted molar refractivity (Wildman–Crippen MR) is 60.6 cm³/mol. The van der Waals surface area contributed by atoms with Gasteiger partial charge in [0, 0.05) is 6.07 Å². The zero-order valence-electron chi connectivity index (χ0n) is 8.97. The van der Waals surface area contributed by atoms with Gasteiger partial charge in [-0.1, -0.05) is 11.6 Å². The summed E-state index contributed by atoms with van der Waals surface area (Å²) in [6, 6.07) is 3.27. The highest BCUT2D eigenvalue weighted by molar-refractivity contribution is 6.33. The quantitative estimate of drug-likeness (QED) is 0.601. The van der Waals surface area contributed by atoms with Gasteiger partial charge in [-0.15, -0.1) is 0 Å². The third-order valence-electron chi connectivity index (χ3n) is 1.49. The smallest absolute Gasteiger partial charge is 0.214 e. The molecule has 3 N–H and O–H groups in total. The Morgan fingerprint density at radius 1 is 1.47 bits per heavy atom. The lowest BCUT2D eigenvalue weighted by Gasteiger charge is -2.20. The van der Waals surface area contributed by atoms with Crippen molar-refractivity contribution < 1.29 is 4.74 Å². The van der Waals surface area contributed by atoms with E-state index < -0.39 is 0 Å². The van der Waals surface area contributed by atoms with E-state index in [-0.39, 0.29) is 17.1 Å². The van der Waals surface area contributed by atoms with Gasteiger partial charge in [-0.25, -0.2) is 4.98 Å². The van der Waals surface area contributed by atoms with Crippen LogP contribution in [0.3, 0.4) is 0 Å². The number of hydrogen-bond acceptors (Lipinski definition) is 3. The highest BCUT2D eigenvalue weighted by Crippen LogP contribution is 2.20. The van der Waals surface area contributed by atoms with Gasteiger partial charge < -0.3 is 10.5 Å². The van der Waals surface area contributed by atoms with Crippen molar-refractivity contribution in [1.29, 1.82) is 5.41 Å². The molecule has 82 valence electrons. The first-order chi connectivity index (χ1) is 6.79. The van der Waals surface area contributed by atoms with Crippen molar-refractivity contribution in [2.75, 3.05) is 0 Å². The minimum absolute atomic E-state index is 0.167. The third-order valence-corrected chi connectivity index (χ3v) is 1.79. The Morgan fingerprint density at radius 3 is 2.53 bits per heavy atom. The van der Waals surface area contributed by atoms with E-state index in [0.717, 1.165) is 0 Å². The second-order valence-electron chi connectivity index (χ2n) is 4.11. The Hall–Kier alpha value is -1.29. The number of amidine groups is 1. The summed E-state index contributed by atoms with van der Waals surface area (Å²) in [5.41, 5.74) is 5.24. The van der Waals surface area contributed by atoms with Crippen LogP contribution in [0.5, 0.6) is 5.88 Å². The number of hydrogen-bond donors (Lipinski definition) is 2. The second-order valence-corrected chi connectivity index (χ2v) is 4.52. The molecule has 0 aliphatic heterocycles. The summed E-state index contributed by atoms with van der Waals surface area (Å²) in [5, 5.41) is 7.63. The number of nitrogen functional groups attached to an aromatic ring is 1. The first-order valence-electron chi connectivity index (χ1n) is 4.49. The Labute approximate surface area is 93.9 Å². The zero-order valence-corrected chi connectivity index (χ0v) is 9.72. The summed E-state index contributed by atoms with van der Waals surface area (Å²) < 4.78 is 5.53. The van der Waals surface area contributed by atoms with E-state index in [0.29, 0.717) is 10.9 Å². The van der Waals surface area contributed by atoms with Crippen LogP contribution in [-0.4, -0.2) is 16.4 Å². The topological polar surface area (TPSA) is 72.0 Å². The summed E-state index contributed by atoms with van der Waals surface area (Å²) >= 11 is 5.82. The molecule has 0 radical (unpaired) electrons. The molecule has 0 fully saturated rings. The SMILES string of the molecule is CC(C)(C)Oc1ccc(Cl)c(C(=N)N)n1. The highest BCUT2D eigenvalue weighted by atomic mass is 35.5. The lowest BCUT2D eigenvalue weighted by atomic mass is 10.2. The van der Waals surface area contributed by atoms with Crippen molar-refractivity contribution in [3.63, 3.8) is 0 Å². The Bertz CT molecular complexity index is 385. The van der Waals surface area contributed by atoms with Gasteiger partial charge in [-0.2, -0.15) is 0 Å². The molecule has 1 rings (SSSR count). The van der Waals surface area contributed by atoms with E-state index in [9.17, 15) is 0 Å². The van der Waals surface area contributed by atoms with Gasteiger partial charge in [0.05, 0.1) is 5.02 Å². The van der Waals surface area contributed by atoms with Crippen LogP contribution >= 0.6 is 11.6 Å². The molecule has 0 saturated heterocycles. The molecule has 15 heavy (non-hydrogen) atoms. The van der Waals surface area contributed by atoms with Gasteiger partial charge in [0.2, 0.25) is 5.88 Å². The Kier molecular flexibility index (Phi) is 3.19. The fourth-order valence-electron chi connectivity index (χ4n) is 0.984. The molecule has 4 nitrogen and oxygen atoms in total. The van der Waals surface area contributed by atoms with Crippen LogP contribution in [-0.2, 0) is 0 Å². The van der Waals surface area contributed by atoms with E-state index in [2.05, 4.69) is 4.98 Å². The molecule has 0 atom stereocenters. The fourth-order valence-corrected chi connectivity index (χ4v) is 1.19. The van der Waals surface area contributed by atoms with E-state index in [4.69, 9.17) is 27.5 Å². The maximum atomic E-state index is 7.28. The molecule has 0 unspecified atom stereocenters. The number of halogens is 1. The zero-order chi connectivity index (χ0) is 11.6. The molecular formula is C10H14ClN3O. The Balaban J connectivity index is 3.03. The summed E-state index contributed by atoms with van der Waals surface area (Å²) in [4.78, 5) is 4.05. The largest absolute Gasteiger partial charge is 0.472 e. The predicted octanol–water partition coefficient (Wildman–Crippen LogP) is 2.20. The monoisotopic (exact) mass is 227 g/mol.